The van der Waals surface area contributed by atoms with Crippen LogP contribution in [0.25, 0.3) is 10.9 Å². The Bertz CT molecular complexity index is 819. The normalized spacial score (nSPS) is 10.8. The van der Waals surface area contributed by atoms with Gasteiger partial charge in [-0.05, 0) is 24.6 Å². The molecule has 2 aromatic carbocycles. The Morgan fingerprint density at radius 3 is 2.17 bits per heavy atom. The van der Waals surface area contributed by atoms with Crippen molar-refractivity contribution < 1.29 is 14.2 Å². The maximum absolute atomic E-state index is 5.62. The Hall–Kier alpha value is -2.62. The first-order valence-corrected chi connectivity index (χ1v) is 7.51. The summed E-state index contributed by atoms with van der Waals surface area (Å²) in [6, 6.07) is 12.6. The lowest BCUT2D eigenvalue weighted by Gasteiger charge is -2.15. The second-order valence-corrected chi connectivity index (χ2v) is 5.51. The Morgan fingerprint density at radius 2 is 1.57 bits per heavy atom. The third kappa shape index (κ3) is 2.72. The fraction of sp³-hybridized carbons (Fsp3) is 0.263. The first-order chi connectivity index (χ1) is 11.2. The van der Waals surface area contributed by atoms with Gasteiger partial charge in [-0.25, -0.2) is 0 Å². The first kappa shape index (κ1) is 15.3. The average Bonchev–Trinajstić information content (AvgIpc) is 2.97. The number of nitrogens with zero attached hydrogens (tertiary/aromatic N) is 1. The molecular formula is C19H21NO3. The van der Waals surface area contributed by atoms with Crippen LogP contribution in [0.2, 0.25) is 0 Å². The number of benzene rings is 2. The number of ether oxygens (including phenoxy) is 3. The first-order valence-electron chi connectivity index (χ1n) is 7.51. The zero-order valence-corrected chi connectivity index (χ0v) is 13.9. The molecule has 4 heteroatoms. The molecular weight excluding hydrogens is 290 g/mol. The molecule has 0 aliphatic rings. The van der Waals surface area contributed by atoms with Crippen molar-refractivity contribution in [2.45, 2.75) is 13.5 Å². The van der Waals surface area contributed by atoms with E-state index in [0.29, 0.717) is 17.2 Å². The molecule has 0 atom stereocenters. The predicted molar refractivity (Wildman–Crippen MR) is 91.9 cm³/mol. The van der Waals surface area contributed by atoms with Crippen molar-refractivity contribution in [1.29, 1.82) is 0 Å². The summed E-state index contributed by atoms with van der Waals surface area (Å²) in [6.45, 7) is 2.87. The molecule has 3 aromatic rings. The van der Waals surface area contributed by atoms with Gasteiger partial charge >= 0.3 is 0 Å². The van der Waals surface area contributed by atoms with E-state index in [-0.39, 0.29) is 0 Å². The molecule has 0 saturated heterocycles. The van der Waals surface area contributed by atoms with Gasteiger partial charge in [-0.2, -0.15) is 0 Å². The van der Waals surface area contributed by atoms with Crippen LogP contribution < -0.4 is 14.2 Å². The highest BCUT2D eigenvalue weighted by atomic mass is 16.5. The van der Waals surface area contributed by atoms with Gasteiger partial charge in [-0.15, -0.1) is 0 Å². The summed E-state index contributed by atoms with van der Waals surface area (Å²) in [6.07, 6.45) is 2.06. The fourth-order valence-corrected chi connectivity index (χ4v) is 2.85. The maximum atomic E-state index is 5.62. The quantitative estimate of drug-likeness (QED) is 0.713. The molecule has 0 unspecified atom stereocenters. The van der Waals surface area contributed by atoms with Crippen LogP contribution in [0, 0.1) is 6.92 Å². The Labute approximate surface area is 136 Å². The van der Waals surface area contributed by atoms with Gasteiger partial charge < -0.3 is 18.8 Å². The van der Waals surface area contributed by atoms with E-state index in [1.807, 2.05) is 6.07 Å². The predicted octanol–water partition coefficient (Wildman–Crippen LogP) is 4.02. The minimum absolute atomic E-state index is 0.617. The fourth-order valence-electron chi connectivity index (χ4n) is 2.85. The number of hydrogen-bond donors (Lipinski definition) is 0. The highest BCUT2D eigenvalue weighted by molar-refractivity contribution is 5.91. The van der Waals surface area contributed by atoms with Crippen LogP contribution in [0.3, 0.4) is 0 Å². The van der Waals surface area contributed by atoms with Gasteiger partial charge in [-0.1, -0.05) is 29.8 Å². The summed E-state index contributed by atoms with van der Waals surface area (Å²) in [5.41, 5.74) is 3.51. The molecule has 120 valence electrons. The van der Waals surface area contributed by atoms with Crippen LogP contribution >= 0.6 is 0 Å². The second-order valence-electron chi connectivity index (χ2n) is 5.51. The molecule has 0 spiro atoms. The molecule has 4 nitrogen and oxygen atoms in total. The Kier molecular flexibility index (Phi) is 4.15. The van der Waals surface area contributed by atoms with Crippen LogP contribution in [0.5, 0.6) is 17.2 Å². The second kappa shape index (κ2) is 6.24. The summed E-state index contributed by atoms with van der Waals surface area (Å²) >= 11 is 0. The van der Waals surface area contributed by atoms with Gasteiger partial charge in [0.2, 0.25) is 5.75 Å². The molecule has 1 heterocycles. The van der Waals surface area contributed by atoms with Gasteiger partial charge in [0.25, 0.3) is 0 Å². The smallest absolute Gasteiger partial charge is 0.205 e. The zero-order valence-electron chi connectivity index (χ0n) is 13.9. The van der Waals surface area contributed by atoms with Crippen molar-refractivity contribution in [1.82, 2.24) is 4.57 Å². The maximum Gasteiger partial charge on any atom is 0.205 e. The van der Waals surface area contributed by atoms with Crippen molar-refractivity contribution in [3.8, 4) is 17.2 Å². The van der Waals surface area contributed by atoms with Crippen LogP contribution in [0.15, 0.2) is 42.6 Å². The van der Waals surface area contributed by atoms with Gasteiger partial charge in [0.15, 0.2) is 11.5 Å². The number of fused-ring (bicyclic) bond motifs is 1. The molecule has 23 heavy (non-hydrogen) atoms. The lowest BCUT2D eigenvalue weighted by atomic mass is 10.1. The van der Waals surface area contributed by atoms with Crippen molar-refractivity contribution in [2.24, 2.45) is 0 Å². The van der Waals surface area contributed by atoms with Crippen LogP contribution in [-0.2, 0) is 6.54 Å². The van der Waals surface area contributed by atoms with Gasteiger partial charge in [-0.3, -0.25) is 0 Å². The standard InChI is InChI=1S/C19H21NO3/c1-13-5-7-14(8-6-13)12-20-10-9-15-11-16(21-2)18(22-3)19(23-4)17(15)20/h5-11H,12H2,1-4H3. The monoisotopic (exact) mass is 311 g/mol. The average molecular weight is 311 g/mol. The third-order valence-corrected chi connectivity index (χ3v) is 4.03. The summed E-state index contributed by atoms with van der Waals surface area (Å²) in [5, 5.41) is 1.06. The van der Waals surface area contributed by atoms with Crippen LogP contribution in [0.4, 0.5) is 0 Å². The van der Waals surface area contributed by atoms with E-state index in [0.717, 1.165) is 17.4 Å². The van der Waals surface area contributed by atoms with Crippen LogP contribution in [0.1, 0.15) is 11.1 Å². The van der Waals surface area contributed by atoms with Gasteiger partial charge in [0.05, 0.1) is 26.8 Å². The lowest BCUT2D eigenvalue weighted by Crippen LogP contribution is -2.01. The topological polar surface area (TPSA) is 32.6 Å². The van der Waals surface area contributed by atoms with E-state index in [1.54, 1.807) is 21.3 Å². The zero-order chi connectivity index (χ0) is 16.4. The van der Waals surface area contributed by atoms with Crippen molar-refractivity contribution in [3.63, 3.8) is 0 Å². The van der Waals surface area contributed by atoms with E-state index < -0.39 is 0 Å². The van der Waals surface area contributed by atoms with Crippen molar-refractivity contribution >= 4 is 10.9 Å². The van der Waals surface area contributed by atoms with Gasteiger partial charge in [0.1, 0.15) is 0 Å². The largest absolute Gasteiger partial charge is 0.493 e. The molecule has 0 fully saturated rings. The van der Waals surface area contributed by atoms with E-state index in [4.69, 9.17) is 14.2 Å². The Balaban J connectivity index is 2.13. The van der Waals surface area contributed by atoms with E-state index in [1.165, 1.54) is 11.1 Å². The summed E-state index contributed by atoms with van der Waals surface area (Å²) in [5.74, 6) is 1.98. The van der Waals surface area contributed by atoms with Crippen molar-refractivity contribution in [2.75, 3.05) is 21.3 Å². The number of aromatic nitrogens is 1. The number of aryl methyl sites for hydroxylation is 1. The molecule has 0 saturated carbocycles. The Morgan fingerprint density at radius 1 is 0.870 bits per heavy atom. The molecule has 0 aliphatic heterocycles. The SMILES string of the molecule is COc1cc2ccn(Cc3ccc(C)cc3)c2c(OC)c1OC. The van der Waals surface area contributed by atoms with Crippen molar-refractivity contribution in [3.05, 3.63) is 53.7 Å². The van der Waals surface area contributed by atoms with E-state index >= 15 is 0 Å². The number of methoxy groups -OCH3 is 3. The lowest BCUT2D eigenvalue weighted by molar-refractivity contribution is 0.326. The molecule has 0 radical (unpaired) electrons. The third-order valence-electron chi connectivity index (χ3n) is 4.03. The number of rotatable bonds is 5. The van der Waals surface area contributed by atoms with E-state index in [9.17, 15) is 0 Å². The minimum atomic E-state index is 0.617. The molecule has 0 N–H and O–H groups in total. The minimum Gasteiger partial charge on any atom is -0.493 e. The molecule has 1 aromatic heterocycles. The highest BCUT2D eigenvalue weighted by Gasteiger charge is 2.18. The molecule has 3 rings (SSSR count). The van der Waals surface area contributed by atoms with Gasteiger partial charge in [0, 0.05) is 18.1 Å². The summed E-state index contributed by atoms with van der Waals surface area (Å²) in [4.78, 5) is 0. The molecule has 0 aliphatic carbocycles. The highest BCUT2D eigenvalue weighted by Crippen LogP contribution is 2.43. The summed E-state index contributed by atoms with van der Waals surface area (Å²) in [7, 11) is 4.91. The molecule has 0 amide bonds. The summed E-state index contributed by atoms with van der Waals surface area (Å²) < 4.78 is 18.7. The number of hydrogen-bond acceptors (Lipinski definition) is 3. The van der Waals surface area contributed by atoms with E-state index in [2.05, 4.69) is 48.0 Å². The molecule has 0 bridgehead atoms. The van der Waals surface area contributed by atoms with Crippen LogP contribution in [-0.4, -0.2) is 25.9 Å².